The molecule has 0 aliphatic carbocycles. The first-order chi connectivity index (χ1) is 13.1. The number of benzene rings is 2. The van der Waals surface area contributed by atoms with Crippen LogP contribution >= 0.6 is 0 Å². The second kappa shape index (κ2) is 7.77. The Morgan fingerprint density at radius 1 is 1.00 bits per heavy atom. The summed E-state index contributed by atoms with van der Waals surface area (Å²) in [5, 5.41) is 16.8. The number of hydrogen-bond acceptors (Lipinski definition) is 8. The van der Waals surface area contributed by atoms with Crippen molar-refractivity contribution in [3.05, 3.63) is 53.4 Å². The maximum absolute atomic E-state index is 9.55. The summed E-state index contributed by atoms with van der Waals surface area (Å²) in [4.78, 5) is 4.33. The van der Waals surface area contributed by atoms with E-state index >= 15 is 0 Å². The predicted molar refractivity (Wildman–Crippen MR) is 98.0 cm³/mol. The van der Waals surface area contributed by atoms with Crippen molar-refractivity contribution in [3.8, 4) is 28.6 Å². The smallest absolute Gasteiger partial charge is 0.280 e. The van der Waals surface area contributed by atoms with E-state index in [9.17, 15) is 5.21 Å². The molecule has 140 valence electrons. The van der Waals surface area contributed by atoms with E-state index in [1.165, 1.54) is 21.3 Å². The van der Waals surface area contributed by atoms with Gasteiger partial charge in [0.05, 0.1) is 21.3 Å². The Bertz CT molecular complexity index is 939. The number of hydrogen-bond donors (Lipinski definition) is 1. The standard InChI is InChI=1S/C19H19N3O5/c1-11-5-7-12(8-6-11)18-20-19(27-22-18)16(21-23)13-9-14(24-2)17(26-4)15(10-13)25-3/h5-10,23H,1-4H3. The number of methoxy groups -OCH3 is 3. The molecule has 1 N–H and O–H groups in total. The molecule has 0 saturated carbocycles. The third kappa shape index (κ3) is 3.55. The third-order valence-corrected chi connectivity index (χ3v) is 3.98. The summed E-state index contributed by atoms with van der Waals surface area (Å²) in [6.45, 7) is 1.99. The average Bonchev–Trinajstić information content (AvgIpc) is 3.18. The zero-order chi connectivity index (χ0) is 19.4. The Kier molecular flexibility index (Phi) is 5.25. The summed E-state index contributed by atoms with van der Waals surface area (Å²) in [7, 11) is 4.50. The van der Waals surface area contributed by atoms with Gasteiger partial charge in [-0.05, 0) is 19.1 Å². The molecule has 0 spiro atoms. The second-order valence-electron chi connectivity index (χ2n) is 5.65. The van der Waals surface area contributed by atoms with Crippen LogP contribution in [0.15, 0.2) is 46.1 Å². The minimum absolute atomic E-state index is 0.0577. The van der Waals surface area contributed by atoms with Crippen LogP contribution in [0, 0.1) is 6.92 Å². The SMILES string of the molecule is COc1cc(C(=NO)c2nc(-c3ccc(C)cc3)no2)cc(OC)c1OC. The van der Waals surface area contributed by atoms with Crippen molar-refractivity contribution < 1.29 is 23.9 Å². The molecule has 1 aromatic heterocycles. The number of nitrogens with zero attached hydrogens (tertiary/aromatic N) is 3. The lowest BCUT2D eigenvalue weighted by Crippen LogP contribution is -2.06. The monoisotopic (exact) mass is 369 g/mol. The first kappa shape index (κ1) is 18.2. The van der Waals surface area contributed by atoms with Gasteiger partial charge in [-0.15, -0.1) is 0 Å². The Balaban J connectivity index is 2.02. The highest BCUT2D eigenvalue weighted by Crippen LogP contribution is 2.38. The van der Waals surface area contributed by atoms with Gasteiger partial charge in [0.2, 0.25) is 11.6 Å². The number of aromatic nitrogens is 2. The van der Waals surface area contributed by atoms with Crippen LogP contribution in [0.3, 0.4) is 0 Å². The van der Waals surface area contributed by atoms with Crippen LogP contribution in [-0.4, -0.2) is 42.4 Å². The molecular formula is C19H19N3O5. The van der Waals surface area contributed by atoms with Gasteiger partial charge < -0.3 is 23.9 Å². The van der Waals surface area contributed by atoms with Gasteiger partial charge in [-0.3, -0.25) is 0 Å². The summed E-state index contributed by atoms with van der Waals surface area (Å²) in [6.07, 6.45) is 0. The first-order valence-corrected chi connectivity index (χ1v) is 8.04. The zero-order valence-electron chi connectivity index (χ0n) is 15.4. The number of aryl methyl sites for hydroxylation is 1. The lowest BCUT2D eigenvalue weighted by atomic mass is 10.1. The van der Waals surface area contributed by atoms with E-state index in [0.29, 0.717) is 28.6 Å². The predicted octanol–water partition coefficient (Wildman–Crippen LogP) is 3.30. The van der Waals surface area contributed by atoms with Gasteiger partial charge in [0.1, 0.15) is 0 Å². The molecular weight excluding hydrogens is 350 g/mol. The summed E-state index contributed by atoms with van der Waals surface area (Å²) in [5.41, 5.74) is 2.46. The molecule has 8 nitrogen and oxygen atoms in total. The summed E-state index contributed by atoms with van der Waals surface area (Å²) in [6, 6.07) is 10.9. The van der Waals surface area contributed by atoms with Crippen molar-refractivity contribution in [1.82, 2.24) is 10.1 Å². The molecule has 1 heterocycles. The molecule has 0 fully saturated rings. The topological polar surface area (TPSA) is 99.2 Å². The largest absolute Gasteiger partial charge is 0.493 e. The molecule has 3 aromatic rings. The fourth-order valence-electron chi connectivity index (χ4n) is 2.58. The molecule has 27 heavy (non-hydrogen) atoms. The highest BCUT2D eigenvalue weighted by Gasteiger charge is 2.22. The number of ether oxygens (including phenoxy) is 3. The van der Waals surface area contributed by atoms with Crippen molar-refractivity contribution >= 4 is 5.71 Å². The van der Waals surface area contributed by atoms with Crippen molar-refractivity contribution in [1.29, 1.82) is 0 Å². The number of rotatable bonds is 6. The van der Waals surface area contributed by atoms with Gasteiger partial charge >= 0.3 is 0 Å². The van der Waals surface area contributed by atoms with Crippen LogP contribution in [0.5, 0.6) is 17.2 Å². The molecule has 8 heteroatoms. The van der Waals surface area contributed by atoms with Crippen molar-refractivity contribution in [2.24, 2.45) is 5.16 Å². The summed E-state index contributed by atoms with van der Waals surface area (Å²) in [5.74, 6) is 1.69. The molecule has 2 aromatic carbocycles. The van der Waals surface area contributed by atoms with E-state index in [0.717, 1.165) is 11.1 Å². The highest BCUT2D eigenvalue weighted by atomic mass is 16.5. The molecule has 0 saturated heterocycles. The molecule has 0 amide bonds. The molecule has 0 aliphatic heterocycles. The number of oxime groups is 1. The summed E-state index contributed by atoms with van der Waals surface area (Å²) < 4.78 is 21.3. The Hall–Kier alpha value is -3.55. The molecule has 0 atom stereocenters. The Labute approximate surface area is 156 Å². The molecule has 0 aliphatic rings. The second-order valence-corrected chi connectivity index (χ2v) is 5.65. The van der Waals surface area contributed by atoms with Crippen LogP contribution in [-0.2, 0) is 0 Å². The first-order valence-electron chi connectivity index (χ1n) is 8.04. The summed E-state index contributed by atoms with van der Waals surface area (Å²) >= 11 is 0. The van der Waals surface area contributed by atoms with Gasteiger partial charge in [-0.2, -0.15) is 4.98 Å². The van der Waals surface area contributed by atoms with E-state index in [-0.39, 0.29) is 11.6 Å². The van der Waals surface area contributed by atoms with Crippen LogP contribution in [0.2, 0.25) is 0 Å². The van der Waals surface area contributed by atoms with Crippen molar-refractivity contribution in [2.45, 2.75) is 6.92 Å². The van der Waals surface area contributed by atoms with Crippen molar-refractivity contribution in [2.75, 3.05) is 21.3 Å². The molecule has 0 bridgehead atoms. The fraction of sp³-hybridized carbons (Fsp3) is 0.211. The lowest BCUT2D eigenvalue weighted by molar-refractivity contribution is 0.315. The van der Waals surface area contributed by atoms with E-state index in [1.807, 2.05) is 31.2 Å². The van der Waals surface area contributed by atoms with Crippen molar-refractivity contribution in [3.63, 3.8) is 0 Å². The third-order valence-electron chi connectivity index (χ3n) is 3.98. The van der Waals surface area contributed by atoms with E-state index in [2.05, 4.69) is 15.3 Å². The minimum Gasteiger partial charge on any atom is -0.493 e. The van der Waals surface area contributed by atoms with Crippen LogP contribution in [0.25, 0.3) is 11.4 Å². The van der Waals surface area contributed by atoms with Gasteiger partial charge in [0.25, 0.3) is 5.89 Å². The molecule has 0 radical (unpaired) electrons. The van der Waals surface area contributed by atoms with Gasteiger partial charge in [0, 0.05) is 11.1 Å². The van der Waals surface area contributed by atoms with Gasteiger partial charge in [-0.1, -0.05) is 40.1 Å². The maximum atomic E-state index is 9.55. The normalized spacial score (nSPS) is 11.3. The van der Waals surface area contributed by atoms with E-state index in [1.54, 1.807) is 12.1 Å². The quantitative estimate of drug-likeness (QED) is 0.404. The van der Waals surface area contributed by atoms with E-state index < -0.39 is 0 Å². The van der Waals surface area contributed by atoms with Crippen LogP contribution < -0.4 is 14.2 Å². The average molecular weight is 369 g/mol. The molecule has 3 rings (SSSR count). The van der Waals surface area contributed by atoms with Crippen LogP contribution in [0.4, 0.5) is 0 Å². The highest BCUT2D eigenvalue weighted by molar-refractivity contribution is 6.10. The Morgan fingerprint density at radius 2 is 1.63 bits per heavy atom. The maximum Gasteiger partial charge on any atom is 0.280 e. The zero-order valence-corrected chi connectivity index (χ0v) is 15.4. The van der Waals surface area contributed by atoms with Gasteiger partial charge in [-0.25, -0.2) is 0 Å². The Morgan fingerprint density at radius 3 is 2.15 bits per heavy atom. The fourth-order valence-corrected chi connectivity index (χ4v) is 2.58. The van der Waals surface area contributed by atoms with Crippen LogP contribution in [0.1, 0.15) is 17.0 Å². The lowest BCUT2D eigenvalue weighted by Gasteiger charge is -2.13. The van der Waals surface area contributed by atoms with Gasteiger partial charge in [0.15, 0.2) is 17.2 Å². The molecule has 0 unspecified atom stereocenters. The minimum atomic E-state index is 0.0577. The van der Waals surface area contributed by atoms with E-state index in [4.69, 9.17) is 18.7 Å².